The van der Waals surface area contributed by atoms with Crippen molar-refractivity contribution < 1.29 is 9.90 Å². The van der Waals surface area contributed by atoms with Crippen LogP contribution in [0.1, 0.15) is 41.6 Å². The zero-order valence-electron chi connectivity index (χ0n) is 10.5. The molecule has 18 heavy (non-hydrogen) atoms. The molecule has 1 amide bonds. The first-order valence-electron chi connectivity index (χ1n) is 6.24. The summed E-state index contributed by atoms with van der Waals surface area (Å²) < 4.78 is 0. The van der Waals surface area contributed by atoms with E-state index in [1.165, 1.54) is 6.07 Å². The maximum absolute atomic E-state index is 12.1. The fourth-order valence-electron chi connectivity index (χ4n) is 2.41. The van der Waals surface area contributed by atoms with Crippen LogP contribution in [0.3, 0.4) is 0 Å². The van der Waals surface area contributed by atoms with E-state index in [9.17, 15) is 9.90 Å². The topological polar surface area (TPSA) is 49.3 Å². The highest BCUT2D eigenvalue weighted by Gasteiger charge is 2.34. The van der Waals surface area contributed by atoms with Crippen molar-refractivity contribution in [3.63, 3.8) is 0 Å². The molecule has 1 aromatic rings. The molecule has 0 heterocycles. The molecule has 0 aromatic heterocycles. The van der Waals surface area contributed by atoms with Crippen molar-refractivity contribution in [3.8, 4) is 5.75 Å². The number of carbonyl (C=O) groups is 1. The van der Waals surface area contributed by atoms with Crippen molar-refractivity contribution in [2.75, 3.05) is 5.88 Å². The van der Waals surface area contributed by atoms with E-state index in [1.807, 2.05) is 0 Å². The Balaban J connectivity index is 2.13. The summed E-state index contributed by atoms with van der Waals surface area (Å²) in [6.07, 6.45) is 4.07. The summed E-state index contributed by atoms with van der Waals surface area (Å²) in [5.74, 6) is 0.429. The molecule has 2 N–H and O–H groups in total. The van der Waals surface area contributed by atoms with Crippen molar-refractivity contribution in [2.45, 2.75) is 38.1 Å². The van der Waals surface area contributed by atoms with Crippen LogP contribution in [-0.4, -0.2) is 22.4 Å². The van der Waals surface area contributed by atoms with Crippen molar-refractivity contribution in [2.24, 2.45) is 0 Å². The fraction of sp³-hybridized carbons (Fsp3) is 0.500. The van der Waals surface area contributed by atoms with Crippen LogP contribution in [0.4, 0.5) is 0 Å². The van der Waals surface area contributed by atoms with E-state index in [2.05, 4.69) is 5.32 Å². The normalized spacial score (nSPS) is 17.7. The molecule has 2 rings (SSSR count). The first-order valence-corrected chi connectivity index (χ1v) is 6.78. The van der Waals surface area contributed by atoms with Gasteiger partial charge < -0.3 is 10.4 Å². The smallest absolute Gasteiger partial charge is 0.251 e. The maximum Gasteiger partial charge on any atom is 0.251 e. The number of aromatic hydroxyl groups is 1. The number of phenols is 1. The van der Waals surface area contributed by atoms with Gasteiger partial charge in [0, 0.05) is 11.4 Å². The van der Waals surface area contributed by atoms with E-state index in [-0.39, 0.29) is 17.2 Å². The molecule has 0 saturated heterocycles. The van der Waals surface area contributed by atoms with Crippen LogP contribution in [0.25, 0.3) is 0 Å². The second kappa shape index (κ2) is 5.19. The Kier molecular flexibility index (Phi) is 3.81. The lowest BCUT2D eigenvalue weighted by atomic mass is 9.99. The minimum Gasteiger partial charge on any atom is -0.508 e. The van der Waals surface area contributed by atoms with E-state index in [1.54, 1.807) is 19.1 Å². The summed E-state index contributed by atoms with van der Waals surface area (Å²) in [6, 6.07) is 4.97. The standard InChI is InChI=1S/C14H18ClNO2/c1-10-4-5-11(8-12(10)17)13(18)16-14(9-15)6-2-3-7-14/h4-5,8,17H,2-3,6-7,9H2,1H3,(H,16,18). The molecular formula is C14H18ClNO2. The minimum absolute atomic E-state index is 0.147. The first kappa shape index (κ1) is 13.2. The number of hydrogen-bond acceptors (Lipinski definition) is 2. The molecular weight excluding hydrogens is 250 g/mol. The largest absolute Gasteiger partial charge is 0.508 e. The summed E-state index contributed by atoms with van der Waals surface area (Å²) in [7, 11) is 0. The number of halogens is 1. The molecule has 0 aliphatic heterocycles. The Hall–Kier alpha value is -1.22. The zero-order valence-corrected chi connectivity index (χ0v) is 11.3. The Morgan fingerprint density at radius 2 is 2.11 bits per heavy atom. The quantitative estimate of drug-likeness (QED) is 0.827. The molecule has 1 aliphatic rings. The highest BCUT2D eigenvalue weighted by atomic mass is 35.5. The van der Waals surface area contributed by atoms with Gasteiger partial charge in [-0.2, -0.15) is 0 Å². The van der Waals surface area contributed by atoms with Crippen LogP contribution in [-0.2, 0) is 0 Å². The maximum atomic E-state index is 12.1. The Morgan fingerprint density at radius 1 is 1.44 bits per heavy atom. The number of carbonyl (C=O) groups excluding carboxylic acids is 1. The van der Waals surface area contributed by atoms with Gasteiger partial charge in [0.1, 0.15) is 5.75 Å². The highest BCUT2D eigenvalue weighted by molar-refractivity contribution is 6.19. The summed E-state index contributed by atoms with van der Waals surface area (Å²) in [5, 5.41) is 12.6. The van der Waals surface area contributed by atoms with Crippen LogP contribution in [0.2, 0.25) is 0 Å². The molecule has 0 radical (unpaired) electrons. The molecule has 1 aromatic carbocycles. The Bertz CT molecular complexity index is 453. The van der Waals surface area contributed by atoms with Gasteiger partial charge in [0.05, 0.1) is 5.54 Å². The number of aryl methyl sites for hydroxylation is 1. The van der Waals surface area contributed by atoms with Crippen molar-refractivity contribution >= 4 is 17.5 Å². The van der Waals surface area contributed by atoms with Gasteiger partial charge in [-0.05, 0) is 37.5 Å². The lowest BCUT2D eigenvalue weighted by Gasteiger charge is -2.27. The number of rotatable bonds is 3. The van der Waals surface area contributed by atoms with Crippen LogP contribution >= 0.6 is 11.6 Å². The number of hydrogen-bond donors (Lipinski definition) is 2. The number of benzene rings is 1. The number of amides is 1. The van der Waals surface area contributed by atoms with Gasteiger partial charge in [-0.3, -0.25) is 4.79 Å². The molecule has 1 fully saturated rings. The predicted octanol–water partition coefficient (Wildman–Crippen LogP) is 2.98. The average molecular weight is 268 g/mol. The third kappa shape index (κ3) is 2.61. The Labute approximate surface area is 112 Å². The number of phenolic OH excluding ortho intramolecular Hbond substituents is 1. The van der Waals surface area contributed by atoms with Crippen LogP contribution in [0.5, 0.6) is 5.75 Å². The summed E-state index contributed by atoms with van der Waals surface area (Å²) in [5.41, 5.74) is 0.980. The highest BCUT2D eigenvalue weighted by Crippen LogP contribution is 2.31. The average Bonchev–Trinajstić information content (AvgIpc) is 2.82. The van der Waals surface area contributed by atoms with E-state index >= 15 is 0 Å². The summed E-state index contributed by atoms with van der Waals surface area (Å²) in [4.78, 5) is 12.1. The minimum atomic E-state index is -0.265. The summed E-state index contributed by atoms with van der Waals surface area (Å²) >= 11 is 5.99. The van der Waals surface area contributed by atoms with Gasteiger partial charge in [-0.25, -0.2) is 0 Å². The van der Waals surface area contributed by atoms with Gasteiger partial charge >= 0.3 is 0 Å². The second-order valence-electron chi connectivity index (χ2n) is 5.08. The van der Waals surface area contributed by atoms with Gasteiger partial charge in [-0.1, -0.05) is 18.9 Å². The third-order valence-electron chi connectivity index (χ3n) is 3.67. The van der Waals surface area contributed by atoms with Gasteiger partial charge in [0.2, 0.25) is 0 Å². The second-order valence-corrected chi connectivity index (χ2v) is 5.34. The van der Waals surface area contributed by atoms with Crippen molar-refractivity contribution in [1.82, 2.24) is 5.32 Å². The fourth-order valence-corrected chi connectivity index (χ4v) is 2.74. The molecule has 4 heteroatoms. The van der Waals surface area contributed by atoms with Crippen LogP contribution in [0.15, 0.2) is 18.2 Å². The van der Waals surface area contributed by atoms with Crippen molar-refractivity contribution in [1.29, 1.82) is 0 Å². The van der Waals surface area contributed by atoms with E-state index in [0.717, 1.165) is 31.2 Å². The molecule has 1 aliphatic carbocycles. The first-order chi connectivity index (χ1) is 8.56. The molecule has 3 nitrogen and oxygen atoms in total. The molecule has 0 unspecified atom stereocenters. The molecule has 0 atom stereocenters. The van der Waals surface area contributed by atoms with Crippen LogP contribution in [0, 0.1) is 6.92 Å². The SMILES string of the molecule is Cc1ccc(C(=O)NC2(CCl)CCCC2)cc1O. The van der Waals surface area contributed by atoms with Crippen molar-refractivity contribution in [3.05, 3.63) is 29.3 Å². The lowest BCUT2D eigenvalue weighted by Crippen LogP contribution is -2.47. The monoisotopic (exact) mass is 267 g/mol. The molecule has 98 valence electrons. The molecule has 0 spiro atoms. The van der Waals surface area contributed by atoms with Gasteiger partial charge in [0.25, 0.3) is 5.91 Å². The van der Waals surface area contributed by atoms with E-state index in [4.69, 9.17) is 11.6 Å². The van der Waals surface area contributed by atoms with E-state index in [0.29, 0.717) is 11.4 Å². The third-order valence-corrected chi connectivity index (χ3v) is 4.18. The number of alkyl halides is 1. The van der Waals surface area contributed by atoms with Gasteiger partial charge in [0.15, 0.2) is 0 Å². The van der Waals surface area contributed by atoms with Crippen LogP contribution < -0.4 is 5.32 Å². The Morgan fingerprint density at radius 3 is 2.67 bits per heavy atom. The van der Waals surface area contributed by atoms with E-state index < -0.39 is 0 Å². The number of nitrogens with one attached hydrogen (secondary N) is 1. The van der Waals surface area contributed by atoms with Gasteiger partial charge in [-0.15, -0.1) is 11.6 Å². The lowest BCUT2D eigenvalue weighted by molar-refractivity contribution is 0.0909. The zero-order chi connectivity index (χ0) is 13.2. The molecule has 1 saturated carbocycles. The molecule has 0 bridgehead atoms. The summed E-state index contributed by atoms with van der Waals surface area (Å²) in [6.45, 7) is 1.80. The predicted molar refractivity (Wildman–Crippen MR) is 72.2 cm³/mol.